The molecule has 1 aliphatic rings. The SMILES string of the molecule is CCCOC1CCCN(S(=O)(=O)c2cn[nH]c2C)C1. The van der Waals surface area contributed by atoms with Crippen LogP contribution in [0.5, 0.6) is 0 Å². The summed E-state index contributed by atoms with van der Waals surface area (Å²) in [6, 6.07) is 0. The fourth-order valence-electron chi connectivity index (χ4n) is 2.28. The van der Waals surface area contributed by atoms with Gasteiger partial charge < -0.3 is 4.74 Å². The van der Waals surface area contributed by atoms with Gasteiger partial charge in [0, 0.05) is 19.7 Å². The number of ether oxygens (including phenoxy) is 1. The predicted molar refractivity (Wildman–Crippen MR) is 71.3 cm³/mol. The first-order chi connectivity index (χ1) is 9.05. The van der Waals surface area contributed by atoms with Gasteiger partial charge in [0.15, 0.2) is 0 Å². The highest BCUT2D eigenvalue weighted by Gasteiger charge is 2.32. The Balaban J connectivity index is 2.10. The molecule has 1 N–H and O–H groups in total. The molecular weight excluding hydrogens is 266 g/mol. The number of rotatable bonds is 5. The third kappa shape index (κ3) is 3.16. The van der Waals surface area contributed by atoms with E-state index in [1.165, 1.54) is 10.5 Å². The molecule has 1 aromatic heterocycles. The summed E-state index contributed by atoms with van der Waals surface area (Å²) in [6.45, 7) is 5.44. The molecule has 19 heavy (non-hydrogen) atoms. The largest absolute Gasteiger partial charge is 0.377 e. The van der Waals surface area contributed by atoms with E-state index in [1.807, 2.05) is 6.92 Å². The van der Waals surface area contributed by atoms with Crippen LogP contribution in [0.1, 0.15) is 31.9 Å². The summed E-state index contributed by atoms with van der Waals surface area (Å²) in [5.74, 6) is 0. The molecule has 2 rings (SSSR count). The van der Waals surface area contributed by atoms with E-state index in [-0.39, 0.29) is 11.0 Å². The second-order valence-corrected chi connectivity index (χ2v) is 6.76. The highest BCUT2D eigenvalue weighted by Crippen LogP contribution is 2.23. The van der Waals surface area contributed by atoms with Crippen molar-refractivity contribution in [3.8, 4) is 0 Å². The van der Waals surface area contributed by atoms with Crippen molar-refractivity contribution in [2.45, 2.75) is 44.1 Å². The van der Waals surface area contributed by atoms with Gasteiger partial charge in [0.05, 0.1) is 18.0 Å². The molecule has 1 fully saturated rings. The number of aromatic nitrogens is 2. The lowest BCUT2D eigenvalue weighted by Crippen LogP contribution is -2.43. The topological polar surface area (TPSA) is 75.3 Å². The van der Waals surface area contributed by atoms with Crippen LogP contribution >= 0.6 is 0 Å². The Labute approximate surface area is 114 Å². The van der Waals surface area contributed by atoms with Gasteiger partial charge in [-0.2, -0.15) is 9.40 Å². The zero-order valence-electron chi connectivity index (χ0n) is 11.4. The maximum atomic E-state index is 12.5. The van der Waals surface area contributed by atoms with E-state index in [2.05, 4.69) is 10.2 Å². The van der Waals surface area contributed by atoms with Crippen LogP contribution in [0.3, 0.4) is 0 Å². The summed E-state index contributed by atoms with van der Waals surface area (Å²) >= 11 is 0. The van der Waals surface area contributed by atoms with Gasteiger partial charge >= 0.3 is 0 Å². The van der Waals surface area contributed by atoms with Crippen LogP contribution in [0.15, 0.2) is 11.1 Å². The molecule has 1 unspecified atom stereocenters. The van der Waals surface area contributed by atoms with Gasteiger partial charge in [0.25, 0.3) is 0 Å². The van der Waals surface area contributed by atoms with Crippen molar-refractivity contribution in [1.82, 2.24) is 14.5 Å². The minimum Gasteiger partial charge on any atom is -0.377 e. The van der Waals surface area contributed by atoms with Gasteiger partial charge in [0.1, 0.15) is 4.90 Å². The zero-order valence-corrected chi connectivity index (χ0v) is 12.2. The number of hydrogen-bond donors (Lipinski definition) is 1. The molecule has 1 aromatic rings. The predicted octanol–water partition coefficient (Wildman–Crippen LogP) is 1.30. The fourth-order valence-corrected chi connectivity index (χ4v) is 3.91. The maximum Gasteiger partial charge on any atom is 0.246 e. The van der Waals surface area contributed by atoms with E-state index in [0.717, 1.165) is 19.3 Å². The second kappa shape index (κ2) is 6.02. The van der Waals surface area contributed by atoms with Gasteiger partial charge in [-0.3, -0.25) is 5.10 Å². The molecule has 108 valence electrons. The average Bonchev–Trinajstić information content (AvgIpc) is 2.84. The van der Waals surface area contributed by atoms with Gasteiger partial charge in [-0.15, -0.1) is 0 Å². The van der Waals surface area contributed by atoms with Gasteiger partial charge in [-0.1, -0.05) is 6.92 Å². The van der Waals surface area contributed by atoms with Crippen LogP contribution in [0.25, 0.3) is 0 Å². The molecule has 1 atom stereocenters. The first-order valence-electron chi connectivity index (χ1n) is 6.67. The molecule has 0 spiro atoms. The highest BCUT2D eigenvalue weighted by atomic mass is 32.2. The Morgan fingerprint density at radius 3 is 3.00 bits per heavy atom. The second-order valence-electron chi connectivity index (χ2n) is 4.86. The van der Waals surface area contributed by atoms with Crippen LogP contribution in [0.2, 0.25) is 0 Å². The molecule has 0 radical (unpaired) electrons. The van der Waals surface area contributed by atoms with E-state index < -0.39 is 10.0 Å². The van der Waals surface area contributed by atoms with Crippen LogP contribution in [-0.4, -0.2) is 48.7 Å². The summed E-state index contributed by atoms with van der Waals surface area (Å²) in [6.07, 6.45) is 4.10. The number of nitrogens with one attached hydrogen (secondary N) is 1. The van der Waals surface area contributed by atoms with Crippen molar-refractivity contribution in [2.75, 3.05) is 19.7 Å². The van der Waals surface area contributed by atoms with Crippen molar-refractivity contribution in [2.24, 2.45) is 0 Å². The number of hydrogen-bond acceptors (Lipinski definition) is 4. The quantitative estimate of drug-likeness (QED) is 0.885. The van der Waals surface area contributed by atoms with E-state index in [0.29, 0.717) is 25.4 Å². The van der Waals surface area contributed by atoms with Gasteiger partial charge in [0.2, 0.25) is 10.0 Å². The molecule has 2 heterocycles. The summed E-state index contributed by atoms with van der Waals surface area (Å²) in [5.41, 5.74) is 0.580. The van der Waals surface area contributed by atoms with E-state index in [1.54, 1.807) is 6.92 Å². The Kier molecular flexibility index (Phi) is 4.59. The summed E-state index contributed by atoms with van der Waals surface area (Å²) < 4.78 is 32.2. The van der Waals surface area contributed by atoms with Gasteiger partial charge in [-0.25, -0.2) is 8.42 Å². The van der Waals surface area contributed by atoms with Crippen LogP contribution in [-0.2, 0) is 14.8 Å². The van der Waals surface area contributed by atoms with Crippen molar-refractivity contribution in [3.05, 3.63) is 11.9 Å². The lowest BCUT2D eigenvalue weighted by molar-refractivity contribution is 0.0193. The van der Waals surface area contributed by atoms with Crippen LogP contribution in [0, 0.1) is 6.92 Å². The third-order valence-electron chi connectivity index (χ3n) is 3.30. The Bertz CT molecular complexity index is 512. The molecule has 0 amide bonds. The minimum atomic E-state index is -3.45. The van der Waals surface area contributed by atoms with Crippen molar-refractivity contribution in [3.63, 3.8) is 0 Å². The summed E-state index contributed by atoms with van der Waals surface area (Å²) in [7, 11) is -3.45. The molecule has 0 aliphatic carbocycles. The molecule has 1 aliphatic heterocycles. The van der Waals surface area contributed by atoms with E-state index in [4.69, 9.17) is 4.74 Å². The maximum absolute atomic E-state index is 12.5. The van der Waals surface area contributed by atoms with Gasteiger partial charge in [-0.05, 0) is 26.2 Å². The van der Waals surface area contributed by atoms with Crippen LogP contribution < -0.4 is 0 Å². The average molecular weight is 287 g/mol. The fraction of sp³-hybridized carbons (Fsp3) is 0.750. The normalized spacial score (nSPS) is 21.7. The van der Waals surface area contributed by atoms with Crippen molar-refractivity contribution >= 4 is 10.0 Å². The third-order valence-corrected chi connectivity index (χ3v) is 5.28. The van der Waals surface area contributed by atoms with Crippen LogP contribution in [0.4, 0.5) is 0 Å². The molecule has 0 aromatic carbocycles. The minimum absolute atomic E-state index is 0.00989. The lowest BCUT2D eigenvalue weighted by atomic mass is 10.1. The molecule has 1 saturated heterocycles. The number of sulfonamides is 1. The number of aryl methyl sites for hydroxylation is 1. The number of H-pyrrole nitrogens is 1. The smallest absolute Gasteiger partial charge is 0.246 e. The highest BCUT2D eigenvalue weighted by molar-refractivity contribution is 7.89. The molecule has 6 nitrogen and oxygen atoms in total. The Morgan fingerprint density at radius 1 is 1.58 bits per heavy atom. The van der Waals surface area contributed by atoms with E-state index in [9.17, 15) is 8.42 Å². The zero-order chi connectivity index (χ0) is 13.9. The lowest BCUT2D eigenvalue weighted by Gasteiger charge is -2.31. The van der Waals surface area contributed by atoms with Crippen molar-refractivity contribution < 1.29 is 13.2 Å². The monoisotopic (exact) mass is 287 g/mol. The molecular formula is C12H21N3O3S. The number of aromatic amines is 1. The van der Waals surface area contributed by atoms with E-state index >= 15 is 0 Å². The Morgan fingerprint density at radius 2 is 2.37 bits per heavy atom. The molecule has 0 saturated carbocycles. The first-order valence-corrected chi connectivity index (χ1v) is 8.11. The first kappa shape index (κ1) is 14.5. The standard InChI is InChI=1S/C12H21N3O3S/c1-3-7-18-11-5-4-6-15(9-11)19(16,17)12-8-13-14-10(12)2/h8,11H,3-7,9H2,1-2H3,(H,13,14). The summed E-state index contributed by atoms with van der Waals surface area (Å²) in [4.78, 5) is 0.267. The Hall–Kier alpha value is -0.920. The number of piperidine rings is 1. The molecule has 0 bridgehead atoms. The molecule has 7 heteroatoms. The number of nitrogens with zero attached hydrogens (tertiary/aromatic N) is 2. The summed E-state index contributed by atoms with van der Waals surface area (Å²) in [5, 5.41) is 6.46. The van der Waals surface area contributed by atoms with Crippen molar-refractivity contribution in [1.29, 1.82) is 0 Å².